The van der Waals surface area contributed by atoms with E-state index in [1.165, 1.54) is 0 Å². The molecule has 7 nitrogen and oxygen atoms in total. The maximum absolute atomic E-state index is 12.3. The summed E-state index contributed by atoms with van der Waals surface area (Å²) in [7, 11) is 0. The number of carbonyl (C=O) groups is 3. The first-order valence-corrected chi connectivity index (χ1v) is 12.5. The van der Waals surface area contributed by atoms with Gasteiger partial charge in [-0.3, -0.25) is 14.4 Å². The minimum absolute atomic E-state index is 0.0438. The highest BCUT2D eigenvalue weighted by Crippen LogP contribution is 2.30. The average Bonchev–Trinajstić information content (AvgIpc) is 2.91. The number of hydrogen-bond acceptors (Lipinski definition) is 5. The van der Waals surface area contributed by atoms with Gasteiger partial charge in [-0.25, -0.2) is 0 Å². The van der Waals surface area contributed by atoms with Gasteiger partial charge in [-0.05, 0) is 79.2 Å². The van der Waals surface area contributed by atoms with E-state index in [9.17, 15) is 14.4 Å². The van der Waals surface area contributed by atoms with Crippen LogP contribution in [0.5, 0.6) is 11.5 Å². The Bertz CT molecular complexity index is 1440. The van der Waals surface area contributed by atoms with Crippen LogP contribution in [0.1, 0.15) is 30.4 Å². The number of esters is 1. The molecule has 0 saturated heterocycles. The van der Waals surface area contributed by atoms with Gasteiger partial charge >= 0.3 is 5.97 Å². The molecule has 0 radical (unpaired) electrons. The Morgan fingerprint density at radius 3 is 2.21 bits per heavy atom. The van der Waals surface area contributed by atoms with E-state index in [2.05, 4.69) is 10.6 Å². The summed E-state index contributed by atoms with van der Waals surface area (Å²) in [6, 6.07) is 26.6. The second kappa shape index (κ2) is 12.5. The van der Waals surface area contributed by atoms with Gasteiger partial charge in [-0.1, -0.05) is 42.5 Å². The van der Waals surface area contributed by atoms with Gasteiger partial charge in [0.2, 0.25) is 5.91 Å². The van der Waals surface area contributed by atoms with Crippen LogP contribution in [0.15, 0.2) is 84.9 Å². The lowest BCUT2D eigenvalue weighted by Gasteiger charge is -2.10. The second-order valence-corrected chi connectivity index (χ2v) is 9.01. The van der Waals surface area contributed by atoms with Crippen LogP contribution in [0.4, 0.5) is 11.4 Å². The van der Waals surface area contributed by atoms with E-state index in [1.54, 1.807) is 30.3 Å². The van der Waals surface area contributed by atoms with Crippen molar-refractivity contribution in [3.05, 3.63) is 96.1 Å². The summed E-state index contributed by atoms with van der Waals surface area (Å²) in [5.74, 6) is 0.265. The predicted molar refractivity (Wildman–Crippen MR) is 148 cm³/mol. The van der Waals surface area contributed by atoms with Gasteiger partial charge in [0.25, 0.3) is 5.91 Å². The molecule has 0 heterocycles. The number of nitrogens with one attached hydrogen (secondary N) is 2. The average molecular weight is 511 g/mol. The number of benzene rings is 4. The molecule has 0 aliphatic heterocycles. The third kappa shape index (κ3) is 7.43. The summed E-state index contributed by atoms with van der Waals surface area (Å²) >= 11 is 0. The molecule has 4 aromatic carbocycles. The van der Waals surface area contributed by atoms with E-state index in [0.29, 0.717) is 23.5 Å². The van der Waals surface area contributed by atoms with Crippen molar-refractivity contribution >= 4 is 39.9 Å². The Balaban J connectivity index is 1.16. The fourth-order valence-corrected chi connectivity index (χ4v) is 3.87. The monoisotopic (exact) mass is 510 g/mol. The van der Waals surface area contributed by atoms with E-state index in [-0.39, 0.29) is 25.4 Å². The summed E-state index contributed by atoms with van der Waals surface area (Å²) < 4.78 is 11.1. The van der Waals surface area contributed by atoms with Crippen LogP contribution in [0.3, 0.4) is 0 Å². The van der Waals surface area contributed by atoms with Gasteiger partial charge in [0.15, 0.2) is 6.61 Å². The fourth-order valence-electron chi connectivity index (χ4n) is 3.87. The number of hydrogen-bond donors (Lipinski definition) is 2. The largest absolute Gasteiger partial charge is 0.457 e. The van der Waals surface area contributed by atoms with Crippen molar-refractivity contribution in [3.8, 4) is 11.5 Å². The molecule has 2 amide bonds. The first kappa shape index (κ1) is 26.4. The zero-order valence-corrected chi connectivity index (χ0v) is 21.5. The lowest BCUT2D eigenvalue weighted by Crippen LogP contribution is -2.21. The summed E-state index contributed by atoms with van der Waals surface area (Å²) in [6.07, 6.45) is 0.506. The lowest BCUT2D eigenvalue weighted by atomic mass is 10.1. The van der Waals surface area contributed by atoms with Crippen LogP contribution < -0.4 is 15.4 Å². The van der Waals surface area contributed by atoms with Crippen molar-refractivity contribution in [1.29, 1.82) is 0 Å². The smallest absolute Gasteiger partial charge is 0.306 e. The Labute approximate surface area is 221 Å². The van der Waals surface area contributed by atoms with Gasteiger partial charge in [0.1, 0.15) is 11.5 Å². The van der Waals surface area contributed by atoms with E-state index in [4.69, 9.17) is 9.47 Å². The summed E-state index contributed by atoms with van der Waals surface area (Å²) in [5, 5.41) is 7.63. The molecule has 0 fully saturated rings. The van der Waals surface area contributed by atoms with Crippen molar-refractivity contribution in [2.24, 2.45) is 0 Å². The summed E-state index contributed by atoms with van der Waals surface area (Å²) in [5.41, 5.74) is 3.47. The number of ether oxygens (including phenoxy) is 2. The molecule has 0 aliphatic rings. The Hall–Kier alpha value is -4.65. The zero-order chi connectivity index (χ0) is 26.9. The first-order valence-electron chi connectivity index (χ1n) is 12.5. The van der Waals surface area contributed by atoms with Crippen LogP contribution >= 0.6 is 0 Å². The highest BCUT2D eigenvalue weighted by molar-refractivity contribution is 5.93. The standard InChI is InChI=1S/C31H30N2O5/c1-21-13-14-25(19-22(21)2)33-30(35)20-37-31(36)12-6-11-29(34)32-24-15-17-26(18-16-24)38-28-10-5-8-23-7-3-4-9-27(23)28/h3-5,7-10,13-19H,6,11-12,20H2,1-2H3,(H,32,34)(H,33,35). The zero-order valence-electron chi connectivity index (χ0n) is 21.5. The fraction of sp³-hybridized carbons (Fsp3) is 0.194. The Morgan fingerprint density at radius 2 is 1.42 bits per heavy atom. The third-order valence-electron chi connectivity index (χ3n) is 6.06. The number of aryl methyl sites for hydroxylation is 2. The maximum atomic E-state index is 12.3. The maximum Gasteiger partial charge on any atom is 0.306 e. The highest BCUT2D eigenvalue weighted by atomic mass is 16.5. The SMILES string of the molecule is Cc1ccc(NC(=O)COC(=O)CCCC(=O)Nc2ccc(Oc3cccc4ccccc34)cc2)cc1C. The predicted octanol–water partition coefficient (Wildman–Crippen LogP) is 6.54. The second-order valence-electron chi connectivity index (χ2n) is 9.01. The Morgan fingerprint density at radius 1 is 0.711 bits per heavy atom. The number of carbonyl (C=O) groups excluding carboxylic acids is 3. The van der Waals surface area contributed by atoms with E-state index in [1.807, 2.05) is 68.4 Å². The quantitative estimate of drug-likeness (QED) is 0.236. The van der Waals surface area contributed by atoms with Crippen LogP contribution in [0, 0.1) is 13.8 Å². The molecule has 0 aliphatic carbocycles. The van der Waals surface area contributed by atoms with Gasteiger partial charge in [0, 0.05) is 29.6 Å². The van der Waals surface area contributed by atoms with Crippen molar-refractivity contribution in [1.82, 2.24) is 0 Å². The molecular formula is C31H30N2O5. The van der Waals surface area contributed by atoms with Gasteiger partial charge in [0.05, 0.1) is 0 Å². The normalized spacial score (nSPS) is 10.6. The summed E-state index contributed by atoms with van der Waals surface area (Å²) in [4.78, 5) is 36.3. The van der Waals surface area contributed by atoms with Gasteiger partial charge in [-0.2, -0.15) is 0 Å². The van der Waals surface area contributed by atoms with E-state index >= 15 is 0 Å². The first-order chi connectivity index (χ1) is 18.4. The number of anilines is 2. The van der Waals surface area contributed by atoms with E-state index < -0.39 is 11.9 Å². The molecule has 0 spiro atoms. The number of fused-ring (bicyclic) bond motifs is 1. The lowest BCUT2D eigenvalue weighted by molar-refractivity contribution is -0.147. The molecule has 38 heavy (non-hydrogen) atoms. The summed E-state index contributed by atoms with van der Waals surface area (Å²) in [6.45, 7) is 3.57. The minimum atomic E-state index is -0.525. The van der Waals surface area contributed by atoms with Crippen LogP contribution in [0.2, 0.25) is 0 Å². The molecule has 0 atom stereocenters. The van der Waals surface area contributed by atoms with Crippen molar-refractivity contribution in [2.45, 2.75) is 33.1 Å². The molecule has 7 heteroatoms. The van der Waals surface area contributed by atoms with Crippen LogP contribution in [-0.4, -0.2) is 24.4 Å². The molecule has 2 N–H and O–H groups in total. The van der Waals surface area contributed by atoms with Crippen LogP contribution in [0.25, 0.3) is 10.8 Å². The molecule has 194 valence electrons. The van der Waals surface area contributed by atoms with Crippen molar-refractivity contribution in [3.63, 3.8) is 0 Å². The highest BCUT2D eigenvalue weighted by Gasteiger charge is 2.11. The van der Waals surface area contributed by atoms with Crippen molar-refractivity contribution in [2.75, 3.05) is 17.2 Å². The minimum Gasteiger partial charge on any atom is -0.457 e. The van der Waals surface area contributed by atoms with E-state index in [0.717, 1.165) is 27.6 Å². The molecule has 0 unspecified atom stereocenters. The van der Waals surface area contributed by atoms with Crippen LogP contribution in [-0.2, 0) is 19.1 Å². The number of amides is 2. The molecular weight excluding hydrogens is 480 g/mol. The molecule has 0 aromatic heterocycles. The van der Waals surface area contributed by atoms with Gasteiger partial charge in [-0.15, -0.1) is 0 Å². The molecule has 4 rings (SSSR count). The molecule has 0 saturated carbocycles. The van der Waals surface area contributed by atoms with Crippen molar-refractivity contribution < 1.29 is 23.9 Å². The Kier molecular flexibility index (Phi) is 8.72. The third-order valence-corrected chi connectivity index (χ3v) is 6.06. The van der Waals surface area contributed by atoms with Gasteiger partial charge < -0.3 is 20.1 Å². The number of rotatable bonds is 10. The molecule has 4 aromatic rings. The molecule has 0 bridgehead atoms. The topological polar surface area (TPSA) is 93.7 Å².